The van der Waals surface area contributed by atoms with Crippen LogP contribution >= 0.6 is 0 Å². The normalized spacial score (nSPS) is 16.5. The Balaban J connectivity index is 1.58. The number of nitrogens with one attached hydrogen (secondary N) is 3. The zero-order valence-electron chi connectivity index (χ0n) is 17.3. The number of piperidine rings is 1. The van der Waals surface area contributed by atoms with Gasteiger partial charge < -0.3 is 26.4 Å². The number of primary sulfonamides is 1. The molecule has 14 heteroatoms. The number of methoxy groups -OCH3 is 1. The van der Waals surface area contributed by atoms with E-state index in [1.54, 1.807) is 12.1 Å². The van der Waals surface area contributed by atoms with E-state index in [-0.39, 0.29) is 22.8 Å². The van der Waals surface area contributed by atoms with Gasteiger partial charge in [-0.25, -0.2) is 23.5 Å². The third-order valence-corrected chi connectivity index (χ3v) is 5.83. The summed E-state index contributed by atoms with van der Waals surface area (Å²) in [5.41, 5.74) is 6.63. The van der Waals surface area contributed by atoms with Gasteiger partial charge in [0.15, 0.2) is 5.82 Å². The molecule has 0 spiro atoms. The van der Waals surface area contributed by atoms with Crippen molar-refractivity contribution in [2.75, 3.05) is 36.6 Å². The van der Waals surface area contributed by atoms with Gasteiger partial charge in [0, 0.05) is 18.3 Å². The highest BCUT2D eigenvalue weighted by molar-refractivity contribution is 7.89. The first-order chi connectivity index (χ1) is 15.3. The first-order valence-corrected chi connectivity index (χ1v) is 11.4. The minimum absolute atomic E-state index is 0.0000282. The highest BCUT2D eigenvalue weighted by Gasteiger charge is 2.21. The van der Waals surface area contributed by atoms with E-state index in [9.17, 15) is 8.42 Å². The van der Waals surface area contributed by atoms with Gasteiger partial charge >= 0.3 is 0 Å². The first kappa shape index (κ1) is 21.7. The second-order valence-electron chi connectivity index (χ2n) is 7.17. The zero-order valence-corrected chi connectivity index (χ0v) is 18.1. The Labute approximate surface area is 184 Å². The van der Waals surface area contributed by atoms with Crippen LogP contribution in [0, 0.1) is 0 Å². The van der Waals surface area contributed by atoms with E-state index in [1.807, 2.05) is 0 Å². The molecule has 1 aliphatic heterocycles. The summed E-state index contributed by atoms with van der Waals surface area (Å²) in [7, 11) is -2.26. The van der Waals surface area contributed by atoms with Gasteiger partial charge in [0.05, 0.1) is 12.0 Å². The lowest BCUT2D eigenvalue weighted by Gasteiger charge is -2.25. The molecule has 170 valence electrons. The number of nitrogen functional groups attached to an aromatic ring is 1. The predicted molar refractivity (Wildman–Crippen MR) is 119 cm³/mol. The summed E-state index contributed by atoms with van der Waals surface area (Å²) in [6.45, 7) is 1.83. The number of ether oxygens (including phenoxy) is 1. The third-order valence-electron chi connectivity index (χ3n) is 4.90. The van der Waals surface area contributed by atoms with Crippen LogP contribution in [-0.4, -0.2) is 59.4 Å². The van der Waals surface area contributed by atoms with Gasteiger partial charge in [0.25, 0.3) is 0 Å². The molecule has 0 radical (unpaired) electrons. The summed E-state index contributed by atoms with van der Waals surface area (Å²) in [5, 5.41) is 19.2. The smallest absolute Gasteiger partial charge is 0.248 e. The Hall–Kier alpha value is -3.49. The molecule has 1 saturated heterocycles. The van der Waals surface area contributed by atoms with Crippen LogP contribution in [0.3, 0.4) is 0 Å². The number of hydrogen-bond donors (Lipinski definition) is 5. The van der Waals surface area contributed by atoms with Crippen LogP contribution in [0.15, 0.2) is 35.5 Å². The minimum Gasteiger partial charge on any atom is -0.490 e. The molecule has 0 aliphatic carbocycles. The maximum atomic E-state index is 11.4. The molecule has 2 aromatic heterocycles. The van der Waals surface area contributed by atoms with E-state index in [4.69, 9.17) is 15.6 Å². The summed E-state index contributed by atoms with van der Waals surface area (Å²) in [4.78, 5) is 12.8. The monoisotopic (exact) mass is 460 g/mol. The van der Waals surface area contributed by atoms with Crippen LogP contribution in [0.1, 0.15) is 12.8 Å². The lowest BCUT2D eigenvalue weighted by Crippen LogP contribution is -2.38. The van der Waals surface area contributed by atoms with Crippen molar-refractivity contribution in [2.24, 2.45) is 5.14 Å². The second kappa shape index (κ2) is 8.94. The Morgan fingerprint density at radius 3 is 2.69 bits per heavy atom. The molecule has 1 fully saturated rings. The number of anilines is 4. The average molecular weight is 461 g/mol. The van der Waals surface area contributed by atoms with Crippen molar-refractivity contribution >= 4 is 33.4 Å². The summed E-state index contributed by atoms with van der Waals surface area (Å²) in [6.07, 6.45) is 3.48. The molecule has 3 heterocycles. The summed E-state index contributed by atoms with van der Waals surface area (Å²) >= 11 is 0. The van der Waals surface area contributed by atoms with E-state index < -0.39 is 10.0 Å². The van der Waals surface area contributed by atoms with E-state index in [0.717, 1.165) is 25.9 Å². The Morgan fingerprint density at radius 2 is 2.03 bits per heavy atom. The van der Waals surface area contributed by atoms with Gasteiger partial charge in [-0.2, -0.15) is 9.67 Å². The molecule has 0 saturated carbocycles. The van der Waals surface area contributed by atoms with Crippen LogP contribution in [0.5, 0.6) is 5.75 Å². The van der Waals surface area contributed by atoms with Crippen molar-refractivity contribution < 1.29 is 13.2 Å². The SMILES string of the molecule is COc1c(N[C@H]2CCCNC2)ncnc1-n1nc(Nc2ccc(S(N)(=O)=O)cc2)nc1N. The molecule has 1 aromatic carbocycles. The molecule has 0 bridgehead atoms. The maximum absolute atomic E-state index is 11.4. The van der Waals surface area contributed by atoms with Crippen molar-refractivity contribution in [1.29, 1.82) is 0 Å². The lowest BCUT2D eigenvalue weighted by molar-refractivity contribution is 0.406. The number of nitrogens with zero attached hydrogens (tertiary/aromatic N) is 5. The molecule has 4 rings (SSSR count). The van der Waals surface area contributed by atoms with E-state index in [0.29, 0.717) is 23.1 Å². The summed E-state index contributed by atoms with van der Waals surface area (Å²) in [5.74, 6) is 1.53. The molecule has 0 amide bonds. The minimum atomic E-state index is -3.77. The number of benzene rings is 1. The maximum Gasteiger partial charge on any atom is 0.248 e. The molecule has 1 atom stereocenters. The molecular formula is C18H24N10O3S. The van der Waals surface area contributed by atoms with E-state index in [2.05, 4.69) is 36.0 Å². The largest absolute Gasteiger partial charge is 0.490 e. The van der Waals surface area contributed by atoms with Crippen molar-refractivity contribution in [3.05, 3.63) is 30.6 Å². The van der Waals surface area contributed by atoms with Gasteiger partial charge in [-0.15, -0.1) is 5.10 Å². The van der Waals surface area contributed by atoms with E-state index in [1.165, 1.54) is 30.3 Å². The van der Waals surface area contributed by atoms with Gasteiger partial charge in [0.2, 0.25) is 33.5 Å². The fraction of sp³-hybridized carbons (Fsp3) is 0.333. The number of hydrogen-bond acceptors (Lipinski definition) is 11. The Kier molecular flexibility index (Phi) is 6.07. The van der Waals surface area contributed by atoms with Crippen molar-refractivity contribution in [3.63, 3.8) is 0 Å². The molecule has 7 N–H and O–H groups in total. The third kappa shape index (κ3) is 4.71. The zero-order chi connectivity index (χ0) is 22.7. The number of sulfonamides is 1. The Bertz CT molecular complexity index is 1190. The molecule has 0 unspecified atom stereocenters. The van der Waals surface area contributed by atoms with E-state index >= 15 is 0 Å². The first-order valence-electron chi connectivity index (χ1n) is 9.84. The topological polar surface area (TPSA) is 188 Å². The fourth-order valence-corrected chi connectivity index (χ4v) is 3.88. The van der Waals surface area contributed by atoms with Crippen LogP contribution in [0.2, 0.25) is 0 Å². The highest BCUT2D eigenvalue weighted by atomic mass is 32.2. The van der Waals surface area contributed by atoms with Crippen molar-refractivity contribution in [2.45, 2.75) is 23.8 Å². The van der Waals surface area contributed by atoms with Gasteiger partial charge in [-0.3, -0.25) is 0 Å². The molecule has 1 aliphatic rings. The summed E-state index contributed by atoms with van der Waals surface area (Å²) in [6, 6.07) is 6.06. The molecule has 13 nitrogen and oxygen atoms in total. The number of nitrogens with two attached hydrogens (primary N) is 2. The molecule has 3 aromatic rings. The molecular weight excluding hydrogens is 436 g/mol. The average Bonchev–Trinajstić information content (AvgIpc) is 3.13. The standard InChI is InChI=1S/C18H24N10O3S/c1-31-14-15(24-12-3-2-8-21-9-12)22-10-23-16(14)28-17(19)26-18(27-28)25-11-4-6-13(7-5-11)32(20,29)30/h4-7,10,12,21H,2-3,8-9H2,1H3,(H2,20,29,30)(H,22,23,24)(H3,19,25,26,27)/t12-/m0/s1. The van der Waals surface area contributed by atoms with Crippen LogP contribution in [0.25, 0.3) is 5.82 Å². The van der Waals surface area contributed by atoms with Crippen LogP contribution in [0.4, 0.5) is 23.4 Å². The van der Waals surface area contributed by atoms with Crippen molar-refractivity contribution in [3.8, 4) is 11.6 Å². The number of aromatic nitrogens is 5. The van der Waals surface area contributed by atoms with Gasteiger partial charge in [0.1, 0.15) is 6.33 Å². The number of rotatable bonds is 7. The summed E-state index contributed by atoms with van der Waals surface area (Å²) < 4.78 is 29.7. The Morgan fingerprint density at radius 1 is 1.25 bits per heavy atom. The lowest BCUT2D eigenvalue weighted by atomic mass is 10.1. The predicted octanol–water partition coefficient (Wildman–Crippen LogP) is 0.203. The second-order valence-corrected chi connectivity index (χ2v) is 8.73. The molecule has 32 heavy (non-hydrogen) atoms. The van der Waals surface area contributed by atoms with Gasteiger partial charge in [-0.05, 0) is 43.7 Å². The quantitative estimate of drug-likeness (QED) is 0.324. The van der Waals surface area contributed by atoms with Crippen LogP contribution < -0.4 is 31.6 Å². The van der Waals surface area contributed by atoms with Crippen molar-refractivity contribution in [1.82, 2.24) is 30.0 Å². The fourth-order valence-electron chi connectivity index (χ4n) is 3.36. The highest BCUT2D eigenvalue weighted by Crippen LogP contribution is 2.30. The van der Waals surface area contributed by atoms with Crippen LogP contribution in [-0.2, 0) is 10.0 Å². The van der Waals surface area contributed by atoms with Gasteiger partial charge in [-0.1, -0.05) is 0 Å².